The van der Waals surface area contributed by atoms with Gasteiger partial charge in [-0.15, -0.1) is 0 Å². The molecule has 0 spiro atoms. The summed E-state index contributed by atoms with van der Waals surface area (Å²) in [5.74, 6) is 0. The molecule has 0 N–H and O–H groups in total. The largest absolute Gasteiger partial charge is 0.0901 e. The van der Waals surface area contributed by atoms with Gasteiger partial charge in [-0.2, -0.15) is 0 Å². The molecule has 0 amide bonds. The van der Waals surface area contributed by atoms with Gasteiger partial charge < -0.3 is 0 Å². The number of hydrogen-bond acceptors (Lipinski definition) is 1. The maximum atomic E-state index is 3.53. The molecular weight excluding hydrogens is 376 g/mol. The zero-order valence-electron chi connectivity index (χ0n) is 14.4. The summed E-state index contributed by atoms with van der Waals surface area (Å²) in [6, 6.07) is 29.2. The third-order valence-corrected chi connectivity index (χ3v) is 5.11. The molecule has 0 bridgehead atoms. The number of benzene rings is 3. The minimum Gasteiger partial charge on any atom is -0.0901 e. The Morgan fingerprint density at radius 3 is 1.42 bits per heavy atom. The average molecular weight is 399 g/mol. The van der Waals surface area contributed by atoms with Gasteiger partial charge in [-0.1, -0.05) is 103 Å². The van der Waals surface area contributed by atoms with Gasteiger partial charge in [0, 0.05) is 14.3 Å². The van der Waals surface area contributed by atoms with Gasteiger partial charge in [0.1, 0.15) is 0 Å². The lowest BCUT2D eigenvalue weighted by Gasteiger charge is -2.20. The molecule has 0 aliphatic heterocycles. The average Bonchev–Trinajstić information content (AvgIpc) is 2.57. The fourth-order valence-electron chi connectivity index (χ4n) is 2.18. The Labute approximate surface area is 158 Å². The second-order valence-corrected chi connectivity index (χ2v) is 8.46. The molecule has 0 aliphatic rings. The van der Waals surface area contributed by atoms with E-state index >= 15 is 0 Å². The van der Waals surface area contributed by atoms with Crippen LogP contribution in [-0.4, -0.2) is 0 Å². The molecule has 3 aromatic carbocycles. The van der Waals surface area contributed by atoms with Crippen molar-refractivity contribution in [3.05, 3.63) is 95.0 Å². The van der Waals surface area contributed by atoms with E-state index in [2.05, 4.69) is 103 Å². The zero-order valence-corrected chi connectivity index (χ0v) is 16.8. The van der Waals surface area contributed by atoms with Crippen LogP contribution in [0.2, 0.25) is 0 Å². The molecule has 0 unspecified atom stereocenters. The molecule has 0 nitrogen and oxygen atoms in total. The molecule has 0 aromatic heterocycles. The highest BCUT2D eigenvalue weighted by molar-refractivity contribution is 9.10. The second kappa shape index (κ2) is 9.10. The Bertz CT molecular complexity index is 693. The Kier molecular flexibility index (Phi) is 7.14. The predicted molar refractivity (Wildman–Crippen MR) is 110 cm³/mol. The van der Waals surface area contributed by atoms with Gasteiger partial charge in [-0.05, 0) is 41.3 Å². The molecule has 2 heteroatoms. The topological polar surface area (TPSA) is 0 Å². The van der Waals surface area contributed by atoms with Gasteiger partial charge in [0.2, 0.25) is 0 Å². The van der Waals surface area contributed by atoms with Gasteiger partial charge in [0.15, 0.2) is 0 Å². The van der Waals surface area contributed by atoms with Crippen LogP contribution >= 0.6 is 27.7 Å². The van der Waals surface area contributed by atoms with Gasteiger partial charge >= 0.3 is 0 Å². The molecule has 0 saturated carbocycles. The minimum atomic E-state index is 0.236. The fourth-order valence-corrected chi connectivity index (χ4v) is 3.92. The summed E-state index contributed by atoms with van der Waals surface area (Å²) in [7, 11) is 0. The van der Waals surface area contributed by atoms with Crippen LogP contribution in [0.1, 0.15) is 26.3 Å². The fraction of sp³-hybridized carbons (Fsp3) is 0.182. The van der Waals surface area contributed by atoms with E-state index in [4.69, 9.17) is 0 Å². The SMILES string of the molecule is CC(C)(C)c1ccccc1Br.c1ccc(Sc2ccccc2)cc1. The molecule has 0 radical (unpaired) electrons. The van der Waals surface area contributed by atoms with E-state index in [0.29, 0.717) is 0 Å². The maximum Gasteiger partial charge on any atom is 0.0212 e. The Morgan fingerprint density at radius 1 is 0.625 bits per heavy atom. The van der Waals surface area contributed by atoms with E-state index in [1.807, 2.05) is 18.2 Å². The van der Waals surface area contributed by atoms with Crippen molar-refractivity contribution in [2.75, 3.05) is 0 Å². The molecule has 24 heavy (non-hydrogen) atoms. The Morgan fingerprint density at radius 2 is 1.04 bits per heavy atom. The lowest BCUT2D eigenvalue weighted by atomic mass is 9.87. The number of halogens is 1. The van der Waals surface area contributed by atoms with E-state index in [0.717, 1.165) is 0 Å². The van der Waals surface area contributed by atoms with E-state index in [9.17, 15) is 0 Å². The standard InChI is InChI=1S/C12H10S.C10H13Br/c1-3-7-11(8-4-1)13-12-9-5-2-6-10-12;1-10(2,3)8-6-4-5-7-9(8)11/h1-10H;4-7H,1-3H3. The first kappa shape index (κ1) is 18.8. The van der Waals surface area contributed by atoms with Crippen molar-refractivity contribution in [2.45, 2.75) is 36.0 Å². The summed E-state index contributed by atoms with van der Waals surface area (Å²) >= 11 is 5.32. The highest BCUT2D eigenvalue weighted by Gasteiger charge is 2.15. The van der Waals surface area contributed by atoms with Crippen LogP contribution in [0.5, 0.6) is 0 Å². The van der Waals surface area contributed by atoms with Crippen LogP contribution in [0.4, 0.5) is 0 Å². The van der Waals surface area contributed by atoms with Crippen LogP contribution in [0.3, 0.4) is 0 Å². The van der Waals surface area contributed by atoms with Crippen LogP contribution in [0.15, 0.2) is 99.2 Å². The lowest BCUT2D eigenvalue weighted by Crippen LogP contribution is -2.11. The summed E-state index contributed by atoms with van der Waals surface area (Å²) in [6.07, 6.45) is 0. The molecule has 0 aliphatic carbocycles. The number of hydrogen-bond donors (Lipinski definition) is 0. The summed E-state index contributed by atoms with van der Waals surface area (Å²) in [5.41, 5.74) is 1.60. The van der Waals surface area contributed by atoms with Crippen LogP contribution in [0.25, 0.3) is 0 Å². The Hall–Kier alpha value is -1.51. The van der Waals surface area contributed by atoms with Gasteiger partial charge in [-0.25, -0.2) is 0 Å². The van der Waals surface area contributed by atoms with Crippen molar-refractivity contribution in [2.24, 2.45) is 0 Å². The smallest absolute Gasteiger partial charge is 0.0212 e. The molecule has 124 valence electrons. The van der Waals surface area contributed by atoms with Gasteiger partial charge in [0.05, 0.1) is 0 Å². The van der Waals surface area contributed by atoms with Crippen molar-refractivity contribution in [1.29, 1.82) is 0 Å². The minimum absolute atomic E-state index is 0.236. The summed E-state index contributed by atoms with van der Waals surface area (Å²) in [5, 5.41) is 0. The molecule has 3 aromatic rings. The van der Waals surface area contributed by atoms with Gasteiger partial charge in [0.25, 0.3) is 0 Å². The first-order valence-corrected chi connectivity index (χ1v) is 9.61. The third-order valence-electron chi connectivity index (χ3n) is 3.40. The van der Waals surface area contributed by atoms with Gasteiger partial charge in [-0.3, -0.25) is 0 Å². The third kappa shape index (κ3) is 6.18. The second-order valence-electron chi connectivity index (χ2n) is 6.46. The van der Waals surface area contributed by atoms with Crippen LogP contribution < -0.4 is 0 Å². The van der Waals surface area contributed by atoms with E-state index < -0.39 is 0 Å². The van der Waals surface area contributed by atoms with E-state index in [1.165, 1.54) is 19.8 Å². The van der Waals surface area contributed by atoms with Crippen molar-refractivity contribution < 1.29 is 0 Å². The van der Waals surface area contributed by atoms with Crippen molar-refractivity contribution in [3.8, 4) is 0 Å². The Balaban J connectivity index is 0.000000177. The maximum absolute atomic E-state index is 3.53. The summed E-state index contributed by atoms with van der Waals surface area (Å²) in [4.78, 5) is 2.57. The van der Waals surface area contributed by atoms with Crippen molar-refractivity contribution >= 4 is 27.7 Å². The van der Waals surface area contributed by atoms with Crippen LogP contribution in [0, 0.1) is 0 Å². The molecule has 0 heterocycles. The first-order valence-electron chi connectivity index (χ1n) is 8.00. The molecule has 0 saturated heterocycles. The summed E-state index contributed by atoms with van der Waals surface area (Å²) < 4.78 is 1.20. The molecule has 3 rings (SSSR count). The van der Waals surface area contributed by atoms with E-state index in [1.54, 1.807) is 11.8 Å². The molecule has 0 fully saturated rings. The molecular formula is C22H23BrS. The highest BCUT2D eigenvalue weighted by Crippen LogP contribution is 2.29. The monoisotopic (exact) mass is 398 g/mol. The first-order chi connectivity index (χ1) is 11.5. The quantitative estimate of drug-likeness (QED) is 0.428. The number of rotatable bonds is 2. The van der Waals surface area contributed by atoms with Crippen molar-refractivity contribution in [3.63, 3.8) is 0 Å². The lowest BCUT2D eigenvalue weighted by molar-refractivity contribution is 0.587. The highest BCUT2D eigenvalue weighted by atomic mass is 79.9. The van der Waals surface area contributed by atoms with Crippen molar-refractivity contribution in [1.82, 2.24) is 0 Å². The summed E-state index contributed by atoms with van der Waals surface area (Å²) in [6.45, 7) is 6.65. The molecule has 0 atom stereocenters. The normalized spacial score (nSPS) is 10.7. The van der Waals surface area contributed by atoms with E-state index in [-0.39, 0.29) is 5.41 Å². The predicted octanol–water partition coefficient (Wildman–Crippen LogP) is 7.58. The van der Waals surface area contributed by atoms with Crippen LogP contribution in [-0.2, 0) is 5.41 Å². The zero-order chi connectivity index (χ0) is 17.4.